The van der Waals surface area contributed by atoms with E-state index in [1.165, 1.54) is 5.01 Å². The van der Waals surface area contributed by atoms with Gasteiger partial charge in [-0.25, -0.2) is 4.79 Å². The van der Waals surface area contributed by atoms with Crippen LogP contribution in [0.3, 0.4) is 0 Å². The number of amides is 1. The van der Waals surface area contributed by atoms with Gasteiger partial charge in [-0.3, -0.25) is 4.79 Å². The third-order valence-corrected chi connectivity index (χ3v) is 4.82. The Kier molecular flexibility index (Phi) is 5.80. The largest absolute Gasteiger partial charge is 0.462 e. The number of rotatable bonds is 6. The number of carbonyl (C=O) groups excluding carboxylic acids is 2. The summed E-state index contributed by atoms with van der Waals surface area (Å²) in [6.45, 7) is 4.15. The highest BCUT2D eigenvalue weighted by atomic mass is 16.5. The van der Waals surface area contributed by atoms with Crippen LogP contribution in [-0.2, 0) is 9.53 Å². The Hall–Kier alpha value is -3.93. The lowest BCUT2D eigenvalue weighted by Gasteiger charge is -2.10. The van der Waals surface area contributed by atoms with Crippen molar-refractivity contribution in [2.75, 3.05) is 11.6 Å². The minimum atomic E-state index is -0.337. The highest BCUT2D eigenvalue weighted by Crippen LogP contribution is 2.27. The molecule has 0 saturated carbocycles. The first kappa shape index (κ1) is 20.3. The minimum Gasteiger partial charge on any atom is -0.462 e. The molecule has 0 unspecified atom stereocenters. The predicted octanol–water partition coefficient (Wildman–Crippen LogP) is 5.32. The van der Waals surface area contributed by atoms with Gasteiger partial charge in [0, 0.05) is 5.56 Å². The van der Waals surface area contributed by atoms with Crippen molar-refractivity contribution in [3.63, 3.8) is 0 Å². The van der Waals surface area contributed by atoms with E-state index >= 15 is 0 Å². The third kappa shape index (κ3) is 4.33. The van der Waals surface area contributed by atoms with Crippen LogP contribution in [0.2, 0.25) is 0 Å². The standard InChI is InChI=1S/C25H22N2O4/c1-3-15-30-25(29)19-11-9-18(10-12-19)23-14-13-21(31-23)16-22-17(2)26-27(24(22)28)20-7-5-4-6-8-20/h4-14,16H,3,15H2,1-2H3/b22-16-. The molecule has 156 valence electrons. The summed E-state index contributed by atoms with van der Waals surface area (Å²) in [4.78, 5) is 24.8. The quantitative estimate of drug-likeness (QED) is 0.404. The van der Waals surface area contributed by atoms with E-state index in [2.05, 4.69) is 5.10 Å². The summed E-state index contributed by atoms with van der Waals surface area (Å²) in [7, 11) is 0. The summed E-state index contributed by atoms with van der Waals surface area (Å²) in [6, 6.07) is 20.0. The second-order valence-electron chi connectivity index (χ2n) is 7.11. The van der Waals surface area contributed by atoms with Crippen LogP contribution >= 0.6 is 0 Å². The van der Waals surface area contributed by atoms with Gasteiger partial charge in [0.15, 0.2) is 0 Å². The number of ether oxygens (including phenoxy) is 1. The molecule has 0 radical (unpaired) electrons. The Balaban J connectivity index is 1.52. The number of hydrogen-bond donors (Lipinski definition) is 0. The molecule has 0 aliphatic carbocycles. The van der Waals surface area contributed by atoms with Crippen LogP contribution < -0.4 is 5.01 Å². The molecule has 1 aliphatic heterocycles. The predicted molar refractivity (Wildman–Crippen MR) is 120 cm³/mol. The Bertz CT molecular complexity index is 1160. The molecule has 4 rings (SSSR count). The van der Waals surface area contributed by atoms with Crippen LogP contribution in [0, 0.1) is 0 Å². The molecule has 3 aromatic rings. The topological polar surface area (TPSA) is 72.1 Å². The summed E-state index contributed by atoms with van der Waals surface area (Å²) in [5.74, 6) is 0.655. The third-order valence-electron chi connectivity index (χ3n) is 4.82. The summed E-state index contributed by atoms with van der Waals surface area (Å²) in [6.07, 6.45) is 2.48. The summed E-state index contributed by atoms with van der Waals surface area (Å²) < 4.78 is 11.1. The van der Waals surface area contributed by atoms with Crippen molar-refractivity contribution in [3.05, 3.63) is 83.6 Å². The van der Waals surface area contributed by atoms with Crippen molar-refractivity contribution in [1.82, 2.24) is 0 Å². The monoisotopic (exact) mass is 414 g/mol. The number of carbonyl (C=O) groups is 2. The van der Waals surface area contributed by atoms with E-state index < -0.39 is 0 Å². The van der Waals surface area contributed by atoms with Gasteiger partial charge in [0.1, 0.15) is 11.5 Å². The molecule has 0 spiro atoms. The average molecular weight is 414 g/mol. The number of hydrogen-bond acceptors (Lipinski definition) is 5. The van der Waals surface area contributed by atoms with Crippen LogP contribution in [0.4, 0.5) is 5.69 Å². The van der Waals surface area contributed by atoms with Crippen LogP contribution in [-0.4, -0.2) is 24.2 Å². The Morgan fingerprint density at radius 3 is 2.52 bits per heavy atom. The molecule has 1 aromatic heterocycles. The minimum absolute atomic E-state index is 0.198. The first-order valence-corrected chi connectivity index (χ1v) is 10.1. The number of nitrogens with zero attached hydrogens (tertiary/aromatic N) is 2. The average Bonchev–Trinajstić information content (AvgIpc) is 3.38. The van der Waals surface area contributed by atoms with Crippen LogP contribution in [0.5, 0.6) is 0 Å². The van der Waals surface area contributed by atoms with Gasteiger partial charge >= 0.3 is 5.97 Å². The van der Waals surface area contributed by atoms with Crippen molar-refractivity contribution in [2.45, 2.75) is 20.3 Å². The van der Waals surface area contributed by atoms with E-state index in [1.54, 1.807) is 31.2 Å². The molecule has 1 aliphatic rings. The van der Waals surface area contributed by atoms with Gasteiger partial charge in [0.05, 0.1) is 29.1 Å². The maximum atomic E-state index is 12.8. The molecule has 2 heterocycles. The molecule has 0 N–H and O–H groups in total. The fraction of sp³-hybridized carbons (Fsp3) is 0.160. The van der Waals surface area contributed by atoms with Gasteiger partial charge in [0.25, 0.3) is 5.91 Å². The fourth-order valence-corrected chi connectivity index (χ4v) is 3.20. The van der Waals surface area contributed by atoms with Gasteiger partial charge in [0.2, 0.25) is 0 Å². The molecule has 1 amide bonds. The maximum absolute atomic E-state index is 12.8. The molecule has 0 bridgehead atoms. The summed E-state index contributed by atoms with van der Waals surface area (Å²) in [5.41, 5.74) is 3.15. The van der Waals surface area contributed by atoms with E-state index in [9.17, 15) is 9.59 Å². The molecule has 6 heteroatoms. The van der Waals surface area contributed by atoms with Gasteiger partial charge in [-0.05, 0) is 55.8 Å². The highest BCUT2D eigenvalue weighted by Gasteiger charge is 2.28. The molecule has 31 heavy (non-hydrogen) atoms. The number of esters is 1. The molecule has 2 aromatic carbocycles. The number of hydrazone groups is 1. The van der Waals surface area contributed by atoms with Crippen molar-refractivity contribution in [1.29, 1.82) is 0 Å². The van der Waals surface area contributed by atoms with Gasteiger partial charge in [-0.1, -0.05) is 37.3 Å². The molecule has 0 saturated heterocycles. The van der Waals surface area contributed by atoms with Gasteiger partial charge in [-0.15, -0.1) is 0 Å². The maximum Gasteiger partial charge on any atom is 0.338 e. The number of para-hydroxylation sites is 1. The zero-order valence-electron chi connectivity index (χ0n) is 17.4. The lowest BCUT2D eigenvalue weighted by molar-refractivity contribution is -0.114. The first-order chi connectivity index (χ1) is 15.1. The summed E-state index contributed by atoms with van der Waals surface area (Å²) >= 11 is 0. The molecule has 0 fully saturated rings. The van der Waals surface area contributed by atoms with Gasteiger partial charge < -0.3 is 9.15 Å². The summed E-state index contributed by atoms with van der Waals surface area (Å²) in [5, 5.41) is 5.77. The highest BCUT2D eigenvalue weighted by molar-refractivity contribution is 6.32. The van der Waals surface area contributed by atoms with E-state index in [4.69, 9.17) is 9.15 Å². The van der Waals surface area contributed by atoms with E-state index in [-0.39, 0.29) is 11.9 Å². The molecular weight excluding hydrogens is 392 g/mol. The lowest BCUT2D eigenvalue weighted by Crippen LogP contribution is -2.21. The van der Waals surface area contributed by atoms with Crippen LogP contribution in [0.25, 0.3) is 17.4 Å². The van der Waals surface area contributed by atoms with E-state index in [0.29, 0.717) is 40.7 Å². The number of benzene rings is 2. The van der Waals surface area contributed by atoms with Crippen molar-refractivity contribution >= 4 is 29.4 Å². The second-order valence-corrected chi connectivity index (χ2v) is 7.11. The van der Waals surface area contributed by atoms with E-state index in [0.717, 1.165) is 12.0 Å². The zero-order valence-corrected chi connectivity index (χ0v) is 17.4. The SMILES string of the molecule is CCCOC(=O)c1ccc(-c2ccc(/C=C3\C(=O)N(c4ccccc4)N=C3C)o2)cc1. The van der Waals surface area contributed by atoms with Crippen molar-refractivity contribution in [3.8, 4) is 11.3 Å². The Labute approximate surface area is 180 Å². The Morgan fingerprint density at radius 2 is 1.81 bits per heavy atom. The smallest absolute Gasteiger partial charge is 0.338 e. The van der Waals surface area contributed by atoms with Crippen LogP contribution in [0.1, 0.15) is 36.4 Å². The van der Waals surface area contributed by atoms with Gasteiger partial charge in [-0.2, -0.15) is 10.1 Å². The second kappa shape index (κ2) is 8.83. The lowest BCUT2D eigenvalue weighted by atomic mass is 10.1. The first-order valence-electron chi connectivity index (χ1n) is 10.1. The zero-order chi connectivity index (χ0) is 21.8. The normalized spacial score (nSPS) is 14.8. The van der Waals surface area contributed by atoms with Crippen LogP contribution in [0.15, 0.2) is 81.8 Å². The number of anilines is 1. The molecule has 6 nitrogen and oxygen atoms in total. The molecular formula is C25H22N2O4. The molecule has 0 atom stereocenters. The van der Waals surface area contributed by atoms with Crippen molar-refractivity contribution < 1.29 is 18.7 Å². The number of furan rings is 1. The van der Waals surface area contributed by atoms with E-state index in [1.807, 2.05) is 55.5 Å². The Morgan fingerprint density at radius 1 is 1.06 bits per heavy atom. The van der Waals surface area contributed by atoms with Crippen molar-refractivity contribution in [2.24, 2.45) is 5.10 Å². The fourth-order valence-electron chi connectivity index (χ4n) is 3.20.